The van der Waals surface area contributed by atoms with Crippen LogP contribution < -0.4 is 11.5 Å². The minimum atomic E-state index is -0.907. The number of aliphatic hydroxyl groups is 2. The molecule has 4 unspecified atom stereocenters. The maximum atomic E-state index is 10.3. The number of hydrogen-bond donors (Lipinski definition) is 4. The van der Waals surface area contributed by atoms with Gasteiger partial charge in [0.2, 0.25) is 0 Å². The van der Waals surface area contributed by atoms with E-state index in [2.05, 4.69) is 0 Å². The van der Waals surface area contributed by atoms with Gasteiger partial charge >= 0.3 is 0 Å². The van der Waals surface area contributed by atoms with Gasteiger partial charge in [-0.05, 0) is 68.2 Å². The molecular weight excluding hydrogens is 412 g/mol. The van der Waals surface area contributed by atoms with Crippen LogP contribution in [0.25, 0.3) is 0 Å². The molecule has 0 aromatic carbocycles. The number of ether oxygens (including phenoxy) is 4. The summed E-state index contributed by atoms with van der Waals surface area (Å²) in [7, 11) is 3.23. The minimum absolute atomic E-state index is 0.153. The third-order valence-corrected chi connectivity index (χ3v) is 6.09. The molecule has 0 rings (SSSR count). The molecule has 0 saturated carbocycles. The lowest BCUT2D eigenvalue weighted by Crippen LogP contribution is -2.50. The summed E-state index contributed by atoms with van der Waals surface area (Å²) < 4.78 is 22.7. The predicted molar refractivity (Wildman–Crippen MR) is 129 cm³/mol. The van der Waals surface area contributed by atoms with E-state index >= 15 is 0 Å². The number of rotatable bonds is 17. The van der Waals surface area contributed by atoms with Gasteiger partial charge in [0.1, 0.15) is 0 Å². The van der Waals surface area contributed by atoms with E-state index in [1.807, 2.05) is 27.7 Å². The summed E-state index contributed by atoms with van der Waals surface area (Å²) in [6.45, 7) is 16.5. The fourth-order valence-electron chi connectivity index (χ4n) is 3.52. The largest absolute Gasteiger partial charge is 0.390 e. The lowest BCUT2D eigenvalue weighted by atomic mass is 9.88. The fraction of sp³-hybridized carbons (Fsp3) is 1.00. The Labute approximate surface area is 196 Å². The Kier molecular flexibility index (Phi) is 12.8. The van der Waals surface area contributed by atoms with Crippen molar-refractivity contribution >= 4 is 0 Å². The number of nitrogens with two attached hydrogens (primary N) is 2. The molecule has 0 bridgehead atoms. The van der Waals surface area contributed by atoms with Crippen molar-refractivity contribution in [2.45, 2.75) is 103 Å². The van der Waals surface area contributed by atoms with Gasteiger partial charge in [-0.3, -0.25) is 0 Å². The molecule has 0 aliphatic carbocycles. The van der Waals surface area contributed by atoms with E-state index in [0.717, 1.165) is 0 Å². The summed E-state index contributed by atoms with van der Waals surface area (Å²) in [4.78, 5) is 0. The molecule has 32 heavy (non-hydrogen) atoms. The number of methoxy groups -OCH3 is 2. The van der Waals surface area contributed by atoms with E-state index in [0.29, 0.717) is 39.3 Å². The first-order valence-electron chi connectivity index (χ1n) is 11.6. The second-order valence-corrected chi connectivity index (χ2v) is 11.5. The molecule has 0 aliphatic heterocycles. The van der Waals surface area contributed by atoms with Gasteiger partial charge < -0.3 is 40.6 Å². The monoisotopic (exact) mass is 464 g/mol. The zero-order valence-corrected chi connectivity index (χ0v) is 22.2. The van der Waals surface area contributed by atoms with E-state index in [1.54, 1.807) is 41.9 Å². The summed E-state index contributed by atoms with van der Waals surface area (Å²) in [5, 5.41) is 20.7. The van der Waals surface area contributed by atoms with Gasteiger partial charge in [0.05, 0.1) is 48.8 Å². The molecule has 0 spiro atoms. The molecule has 0 heterocycles. The van der Waals surface area contributed by atoms with Crippen LogP contribution in [0.2, 0.25) is 0 Å². The van der Waals surface area contributed by atoms with Crippen molar-refractivity contribution < 1.29 is 29.2 Å². The SMILES string of the molecule is COCC(COC(C)(C)CC(N)C(N)CC(C)(C)OCC(COC)C(C)(C)O)C(C)(C)O. The second-order valence-electron chi connectivity index (χ2n) is 11.5. The van der Waals surface area contributed by atoms with E-state index in [9.17, 15) is 10.2 Å². The predicted octanol–water partition coefficient (Wildman–Crippen LogP) is 2.08. The van der Waals surface area contributed by atoms with Crippen LogP contribution in [0.1, 0.15) is 68.2 Å². The van der Waals surface area contributed by atoms with E-state index < -0.39 is 22.4 Å². The lowest BCUT2D eigenvalue weighted by molar-refractivity contribution is -0.109. The molecular formula is C24H52N2O6. The first-order chi connectivity index (χ1) is 14.3. The second kappa shape index (κ2) is 13.0. The normalized spacial score (nSPS) is 17.8. The molecule has 0 radical (unpaired) electrons. The zero-order chi connectivity index (χ0) is 25.4. The topological polar surface area (TPSA) is 129 Å². The third kappa shape index (κ3) is 12.8. The van der Waals surface area contributed by atoms with Gasteiger partial charge in [0.25, 0.3) is 0 Å². The highest BCUT2D eigenvalue weighted by atomic mass is 16.5. The molecule has 194 valence electrons. The van der Waals surface area contributed by atoms with E-state index in [4.69, 9.17) is 30.4 Å². The van der Waals surface area contributed by atoms with Crippen LogP contribution in [0.15, 0.2) is 0 Å². The molecule has 0 aliphatic rings. The summed E-state index contributed by atoms with van der Waals surface area (Å²) >= 11 is 0. The van der Waals surface area contributed by atoms with E-state index in [1.165, 1.54) is 0 Å². The molecule has 8 nitrogen and oxygen atoms in total. The summed E-state index contributed by atoms with van der Waals surface area (Å²) in [6, 6.07) is -0.583. The maximum absolute atomic E-state index is 10.3. The van der Waals surface area contributed by atoms with Crippen LogP contribution >= 0.6 is 0 Å². The number of hydrogen-bond acceptors (Lipinski definition) is 8. The summed E-state index contributed by atoms with van der Waals surface area (Å²) in [6.07, 6.45) is 1.12. The fourth-order valence-corrected chi connectivity index (χ4v) is 3.52. The first kappa shape index (κ1) is 31.7. The van der Waals surface area contributed by atoms with Crippen molar-refractivity contribution in [3.8, 4) is 0 Å². The standard InChI is InChI=1S/C24H52N2O6/c1-21(2,31-15-17(13-29-9)23(5,6)27)11-19(25)20(26)12-22(3,4)32-16-18(14-30-10)24(7,8)28/h17-20,27-28H,11-16,25-26H2,1-10H3. The van der Waals surface area contributed by atoms with Crippen molar-refractivity contribution in [3.05, 3.63) is 0 Å². The van der Waals surface area contributed by atoms with E-state index in [-0.39, 0.29) is 23.9 Å². The van der Waals surface area contributed by atoms with Gasteiger partial charge in [0.15, 0.2) is 0 Å². The Morgan fingerprint density at radius 2 is 0.875 bits per heavy atom. The highest BCUT2D eigenvalue weighted by molar-refractivity contribution is 4.89. The Bertz CT molecular complexity index is 468. The highest BCUT2D eigenvalue weighted by Crippen LogP contribution is 2.26. The lowest BCUT2D eigenvalue weighted by Gasteiger charge is -2.37. The molecule has 0 fully saturated rings. The minimum Gasteiger partial charge on any atom is -0.390 e. The Balaban J connectivity index is 4.82. The zero-order valence-electron chi connectivity index (χ0n) is 22.2. The van der Waals surface area contributed by atoms with Crippen molar-refractivity contribution in [1.29, 1.82) is 0 Å². The molecule has 4 atom stereocenters. The molecule has 0 saturated heterocycles. The van der Waals surface area contributed by atoms with Crippen molar-refractivity contribution in [2.24, 2.45) is 23.3 Å². The van der Waals surface area contributed by atoms with Crippen molar-refractivity contribution in [3.63, 3.8) is 0 Å². The van der Waals surface area contributed by atoms with Gasteiger partial charge in [0, 0.05) is 38.1 Å². The molecule has 8 heteroatoms. The van der Waals surface area contributed by atoms with Gasteiger partial charge in [-0.1, -0.05) is 0 Å². The highest BCUT2D eigenvalue weighted by Gasteiger charge is 2.34. The smallest absolute Gasteiger partial charge is 0.0663 e. The van der Waals surface area contributed by atoms with Crippen LogP contribution in [-0.4, -0.2) is 85.3 Å². The Morgan fingerprint density at radius 3 is 1.09 bits per heavy atom. The molecule has 6 N–H and O–H groups in total. The van der Waals surface area contributed by atoms with Crippen LogP contribution in [-0.2, 0) is 18.9 Å². The molecule has 0 aromatic heterocycles. The van der Waals surface area contributed by atoms with Gasteiger partial charge in [-0.25, -0.2) is 0 Å². The van der Waals surface area contributed by atoms with Crippen LogP contribution in [0.3, 0.4) is 0 Å². The Hall–Kier alpha value is -0.320. The van der Waals surface area contributed by atoms with Gasteiger partial charge in [-0.15, -0.1) is 0 Å². The summed E-state index contributed by atoms with van der Waals surface area (Å²) in [5.74, 6) is -0.306. The summed E-state index contributed by atoms with van der Waals surface area (Å²) in [5.41, 5.74) is 10.0. The average Bonchev–Trinajstić information content (AvgIpc) is 2.59. The first-order valence-corrected chi connectivity index (χ1v) is 11.6. The van der Waals surface area contributed by atoms with Crippen molar-refractivity contribution in [1.82, 2.24) is 0 Å². The van der Waals surface area contributed by atoms with Crippen molar-refractivity contribution in [2.75, 3.05) is 40.6 Å². The molecule has 0 aromatic rings. The van der Waals surface area contributed by atoms with Crippen LogP contribution in [0.5, 0.6) is 0 Å². The van der Waals surface area contributed by atoms with Crippen LogP contribution in [0.4, 0.5) is 0 Å². The quantitative estimate of drug-likeness (QED) is 0.257. The third-order valence-electron chi connectivity index (χ3n) is 6.09. The van der Waals surface area contributed by atoms with Gasteiger partial charge in [-0.2, -0.15) is 0 Å². The van der Waals surface area contributed by atoms with Crippen LogP contribution in [0, 0.1) is 11.8 Å². The maximum Gasteiger partial charge on any atom is 0.0663 e. The average molecular weight is 465 g/mol. The molecule has 0 amide bonds. The Morgan fingerprint density at radius 1 is 0.594 bits per heavy atom.